The second-order valence-corrected chi connectivity index (χ2v) is 13.2. The quantitative estimate of drug-likeness (QED) is 0.0884. The third-order valence-electron chi connectivity index (χ3n) is 8.87. The van der Waals surface area contributed by atoms with Crippen LogP contribution in [0.2, 0.25) is 0 Å². The number of rotatable bonds is 16. The van der Waals surface area contributed by atoms with Crippen LogP contribution in [-0.4, -0.2) is 86.4 Å². The van der Waals surface area contributed by atoms with Crippen molar-refractivity contribution >= 4 is 63.7 Å². The van der Waals surface area contributed by atoms with Crippen LogP contribution >= 0.6 is 63.7 Å². The predicted octanol–water partition coefficient (Wildman–Crippen LogP) is 10.8. The first-order chi connectivity index (χ1) is 26.2. The summed E-state index contributed by atoms with van der Waals surface area (Å²) in [5, 5.41) is 10.5. The van der Waals surface area contributed by atoms with Gasteiger partial charge in [0.1, 0.15) is 67.7 Å². The first-order valence-corrected chi connectivity index (χ1v) is 23.9. The topological polar surface area (TPSA) is 82.2 Å². The van der Waals surface area contributed by atoms with Crippen LogP contribution in [0.1, 0.15) is 49.9 Å². The van der Waals surface area contributed by atoms with Crippen molar-refractivity contribution in [2.75, 3.05) is 63.0 Å². The van der Waals surface area contributed by atoms with E-state index in [1.165, 1.54) is 22.3 Å². The van der Waals surface area contributed by atoms with E-state index in [1.807, 2.05) is 71.9 Å². The molecule has 0 aliphatic carbocycles. The number of alkyl halides is 4. The zero-order valence-corrected chi connectivity index (χ0v) is 39.0. The summed E-state index contributed by atoms with van der Waals surface area (Å²) in [6, 6.07) is 32.6. The van der Waals surface area contributed by atoms with Gasteiger partial charge in [-0.05, 0) is 94.1 Å². The van der Waals surface area contributed by atoms with E-state index >= 15 is 0 Å². The molecule has 7 nitrogen and oxygen atoms in total. The molecule has 0 spiro atoms. The lowest BCUT2D eigenvalue weighted by Crippen LogP contribution is -2.25. The van der Waals surface area contributed by atoms with Crippen molar-refractivity contribution in [3.8, 4) is 23.0 Å². The standard InChI is InChI=1S/C39H44O7.4CH3Br/c1-38(2,29-9-17-34(18-10-29)43-23-36-25-45-36)27-5-13-32(14-6-27)41-21-31(40)22-42-33-15-7-28(8-16-33)39(3,4)30-11-19-35(20-12-30)44-24-37-26-46-37;4*1-2/h5-20,31,36-37,40H,21-26H2,1-4H3;4*1H3. The summed E-state index contributed by atoms with van der Waals surface area (Å²) in [5.74, 6) is 10.4. The molecule has 0 radical (unpaired) electrons. The largest absolute Gasteiger partial charge is 0.491 e. The van der Waals surface area contributed by atoms with Gasteiger partial charge in [-0.15, -0.1) is 0 Å². The normalized spacial score (nSPS) is 15.8. The second-order valence-electron chi connectivity index (χ2n) is 13.2. The summed E-state index contributed by atoms with van der Waals surface area (Å²) in [6.07, 6.45) is -0.289. The van der Waals surface area contributed by atoms with Gasteiger partial charge in [0.2, 0.25) is 0 Å². The Morgan fingerprint density at radius 1 is 0.481 bits per heavy atom. The molecule has 2 atom stereocenters. The molecular weight excluding hydrogens is 948 g/mol. The van der Waals surface area contributed by atoms with Gasteiger partial charge in [-0.2, -0.15) is 0 Å². The van der Waals surface area contributed by atoms with Crippen molar-refractivity contribution in [3.05, 3.63) is 119 Å². The maximum absolute atomic E-state index is 10.5. The number of halogens is 4. The third kappa shape index (κ3) is 15.4. The minimum Gasteiger partial charge on any atom is -0.491 e. The summed E-state index contributed by atoms with van der Waals surface area (Å²) in [7, 11) is 0. The Morgan fingerprint density at radius 2 is 0.704 bits per heavy atom. The summed E-state index contributed by atoms with van der Waals surface area (Å²) >= 11 is 11.8. The van der Waals surface area contributed by atoms with Crippen LogP contribution < -0.4 is 18.9 Å². The maximum Gasteiger partial charge on any atom is 0.122 e. The van der Waals surface area contributed by atoms with Gasteiger partial charge in [-0.3, -0.25) is 0 Å². The van der Waals surface area contributed by atoms with Gasteiger partial charge in [0.25, 0.3) is 0 Å². The molecule has 2 aliphatic rings. The fourth-order valence-electron chi connectivity index (χ4n) is 5.34. The molecular formula is C43H56Br4O7. The number of hydrogen-bond acceptors (Lipinski definition) is 7. The van der Waals surface area contributed by atoms with Crippen molar-refractivity contribution in [1.82, 2.24) is 0 Å². The zero-order valence-electron chi connectivity index (χ0n) is 32.6. The van der Waals surface area contributed by atoms with E-state index in [0.29, 0.717) is 24.7 Å². The van der Waals surface area contributed by atoms with Gasteiger partial charge in [0.05, 0.1) is 13.2 Å². The molecule has 0 amide bonds. The molecule has 2 fully saturated rings. The number of benzene rings is 4. The molecule has 2 saturated heterocycles. The van der Waals surface area contributed by atoms with Crippen molar-refractivity contribution in [2.24, 2.45) is 0 Å². The monoisotopic (exact) mass is 1000 g/mol. The third-order valence-corrected chi connectivity index (χ3v) is 8.87. The molecule has 4 aromatic rings. The van der Waals surface area contributed by atoms with E-state index in [1.54, 1.807) is 0 Å². The van der Waals surface area contributed by atoms with E-state index in [9.17, 15) is 5.11 Å². The van der Waals surface area contributed by atoms with Crippen LogP contribution in [0.25, 0.3) is 0 Å². The highest BCUT2D eigenvalue weighted by Gasteiger charge is 2.26. The highest BCUT2D eigenvalue weighted by atomic mass is 79.9. The van der Waals surface area contributed by atoms with Crippen molar-refractivity contribution < 1.29 is 33.5 Å². The molecule has 2 aliphatic heterocycles. The summed E-state index contributed by atoms with van der Waals surface area (Å²) in [4.78, 5) is 0. The van der Waals surface area contributed by atoms with Crippen LogP contribution in [0.4, 0.5) is 0 Å². The van der Waals surface area contributed by atoms with Crippen molar-refractivity contribution in [2.45, 2.75) is 56.8 Å². The first kappa shape index (κ1) is 48.0. The van der Waals surface area contributed by atoms with Crippen LogP contribution in [0.15, 0.2) is 97.1 Å². The van der Waals surface area contributed by atoms with Crippen molar-refractivity contribution in [3.63, 3.8) is 0 Å². The number of ether oxygens (including phenoxy) is 6. The number of aliphatic hydroxyl groups is 1. The van der Waals surface area contributed by atoms with E-state index in [-0.39, 0.29) is 36.3 Å². The molecule has 2 heterocycles. The molecule has 2 unspecified atom stereocenters. The minimum atomic E-state index is -0.772. The van der Waals surface area contributed by atoms with Gasteiger partial charge < -0.3 is 33.5 Å². The lowest BCUT2D eigenvalue weighted by atomic mass is 9.78. The minimum absolute atomic E-state index is 0.134. The van der Waals surface area contributed by atoms with Crippen molar-refractivity contribution in [1.29, 1.82) is 0 Å². The van der Waals surface area contributed by atoms with E-state index in [2.05, 4.69) is 140 Å². The van der Waals surface area contributed by atoms with Crippen LogP contribution in [0, 0.1) is 0 Å². The molecule has 6 rings (SSSR count). The van der Waals surface area contributed by atoms with E-state index in [0.717, 1.165) is 24.7 Å². The Kier molecular flexibility index (Phi) is 22.4. The molecule has 4 aromatic carbocycles. The number of hydrogen-bond donors (Lipinski definition) is 1. The van der Waals surface area contributed by atoms with Gasteiger partial charge in [0.15, 0.2) is 0 Å². The lowest BCUT2D eigenvalue weighted by molar-refractivity contribution is 0.0626. The van der Waals surface area contributed by atoms with E-state index in [4.69, 9.17) is 28.4 Å². The average Bonchev–Trinajstić information content (AvgIpc) is 4.18. The lowest BCUT2D eigenvalue weighted by Gasteiger charge is -2.26. The molecule has 0 bridgehead atoms. The Hall–Kier alpha value is -2.12. The summed E-state index contributed by atoms with van der Waals surface area (Å²) in [6.45, 7) is 11.8. The van der Waals surface area contributed by atoms with Crippen LogP contribution in [0.3, 0.4) is 0 Å². The Balaban J connectivity index is 0.00000118. The molecule has 0 aromatic heterocycles. The van der Waals surface area contributed by atoms with Crippen LogP contribution in [0.5, 0.6) is 23.0 Å². The zero-order chi connectivity index (χ0) is 40.1. The number of epoxide rings is 2. The maximum atomic E-state index is 10.5. The average molecular weight is 1000 g/mol. The van der Waals surface area contributed by atoms with Gasteiger partial charge in [-0.25, -0.2) is 0 Å². The first-order valence-electron chi connectivity index (χ1n) is 17.5. The van der Waals surface area contributed by atoms with E-state index < -0.39 is 6.10 Å². The molecule has 298 valence electrons. The SMILES string of the molecule is CBr.CBr.CBr.CBr.CC(C)(c1ccc(OCC(O)COc2ccc(C(C)(C)c3ccc(OCC4CO4)cc3)cc2)cc1)c1ccc(OCC2CO2)cc1. The molecule has 54 heavy (non-hydrogen) atoms. The highest BCUT2D eigenvalue weighted by Crippen LogP contribution is 2.35. The predicted molar refractivity (Wildman–Crippen MR) is 237 cm³/mol. The smallest absolute Gasteiger partial charge is 0.122 e. The summed E-state index contributed by atoms with van der Waals surface area (Å²) in [5.41, 5.74) is 4.33. The fraction of sp³-hybridized carbons (Fsp3) is 0.442. The molecule has 1 N–H and O–H groups in total. The molecule has 11 heteroatoms. The highest BCUT2D eigenvalue weighted by molar-refractivity contribution is 9.09. The van der Waals surface area contributed by atoms with Gasteiger partial charge in [0, 0.05) is 10.8 Å². The van der Waals surface area contributed by atoms with Gasteiger partial charge in [-0.1, -0.05) is 140 Å². The fourth-order valence-corrected chi connectivity index (χ4v) is 5.34. The van der Waals surface area contributed by atoms with Gasteiger partial charge >= 0.3 is 0 Å². The van der Waals surface area contributed by atoms with Crippen LogP contribution in [-0.2, 0) is 20.3 Å². The number of aliphatic hydroxyl groups excluding tert-OH is 1. The summed E-state index contributed by atoms with van der Waals surface area (Å²) < 4.78 is 33.7. The Labute approximate surface area is 356 Å². The molecule has 0 saturated carbocycles. The Bertz CT molecular complexity index is 1440. The second kappa shape index (κ2) is 25.2. The Morgan fingerprint density at radius 3 is 0.926 bits per heavy atom.